The van der Waals surface area contributed by atoms with Gasteiger partial charge in [-0.25, -0.2) is 0 Å². The SMILES string of the molecule is COC(=O)CCC(C)C1CCC2C3CCC4C[C@@H](O)CCC4(C)C3C[C@@H](O)C12C. The summed E-state index contributed by atoms with van der Waals surface area (Å²) in [5.41, 5.74) is 0.271. The molecule has 4 nitrogen and oxygen atoms in total. The molecule has 0 aromatic carbocycles. The summed E-state index contributed by atoms with van der Waals surface area (Å²) in [6.07, 6.45) is 9.86. The minimum atomic E-state index is -0.246. The molecule has 0 saturated heterocycles. The Hall–Kier alpha value is -0.610. The Balaban J connectivity index is 1.53. The summed E-state index contributed by atoms with van der Waals surface area (Å²) in [6, 6.07) is 0. The van der Waals surface area contributed by atoms with Crippen LogP contribution in [0.1, 0.15) is 85.0 Å². The summed E-state index contributed by atoms with van der Waals surface area (Å²) in [6.45, 7) is 7.12. The van der Waals surface area contributed by atoms with E-state index >= 15 is 0 Å². The molecule has 0 heterocycles. The number of hydrogen-bond donors (Lipinski definition) is 2. The lowest BCUT2D eigenvalue weighted by molar-refractivity contribution is -0.175. The fraction of sp³-hybridized carbons (Fsp3) is 0.960. The molecule has 4 aliphatic carbocycles. The maximum Gasteiger partial charge on any atom is 0.305 e. The van der Waals surface area contributed by atoms with E-state index in [1.54, 1.807) is 0 Å². The molecule has 0 aromatic rings. The van der Waals surface area contributed by atoms with E-state index in [1.165, 1.54) is 32.8 Å². The van der Waals surface area contributed by atoms with Crippen molar-refractivity contribution in [2.24, 2.45) is 46.3 Å². The molecule has 10 atom stereocenters. The number of aliphatic hydroxyl groups excluding tert-OH is 2. The third-order valence-corrected chi connectivity index (χ3v) is 10.5. The molecule has 4 heteroatoms. The highest BCUT2D eigenvalue weighted by Gasteiger charge is 2.63. The second-order valence-electron chi connectivity index (χ2n) is 11.5. The predicted molar refractivity (Wildman–Crippen MR) is 113 cm³/mol. The zero-order valence-electron chi connectivity index (χ0n) is 18.9. The molecule has 4 fully saturated rings. The molecule has 0 aromatic heterocycles. The Kier molecular flexibility index (Phi) is 5.83. The first-order valence-electron chi connectivity index (χ1n) is 12.1. The summed E-state index contributed by atoms with van der Waals surface area (Å²) in [5, 5.41) is 21.8. The number of rotatable bonds is 4. The van der Waals surface area contributed by atoms with E-state index in [0.717, 1.165) is 38.0 Å². The van der Waals surface area contributed by atoms with Crippen LogP contribution in [0.4, 0.5) is 0 Å². The Bertz CT molecular complexity index is 620. The van der Waals surface area contributed by atoms with Gasteiger partial charge in [0.15, 0.2) is 0 Å². The van der Waals surface area contributed by atoms with Gasteiger partial charge in [0.2, 0.25) is 0 Å². The quantitative estimate of drug-likeness (QED) is 0.671. The van der Waals surface area contributed by atoms with Crippen LogP contribution in [0.15, 0.2) is 0 Å². The molecule has 0 bridgehead atoms. The fourth-order valence-corrected chi connectivity index (χ4v) is 8.81. The molecule has 4 aliphatic rings. The third-order valence-electron chi connectivity index (χ3n) is 10.5. The summed E-state index contributed by atoms with van der Waals surface area (Å²) in [7, 11) is 1.46. The summed E-state index contributed by atoms with van der Waals surface area (Å²) < 4.78 is 4.85. The van der Waals surface area contributed by atoms with Gasteiger partial charge in [-0.2, -0.15) is 0 Å². The second kappa shape index (κ2) is 7.82. The van der Waals surface area contributed by atoms with E-state index in [2.05, 4.69) is 20.8 Å². The second-order valence-corrected chi connectivity index (χ2v) is 11.5. The zero-order chi connectivity index (χ0) is 21.0. The fourth-order valence-electron chi connectivity index (χ4n) is 8.81. The van der Waals surface area contributed by atoms with Crippen LogP contribution in [-0.2, 0) is 9.53 Å². The lowest BCUT2D eigenvalue weighted by Gasteiger charge is -2.62. The number of carbonyl (C=O) groups excluding carboxylic acids is 1. The average Bonchev–Trinajstić information content (AvgIpc) is 3.06. The first kappa shape index (κ1) is 21.6. The van der Waals surface area contributed by atoms with Crippen molar-refractivity contribution in [3.8, 4) is 0 Å². The van der Waals surface area contributed by atoms with Gasteiger partial charge in [-0.05, 0) is 104 Å². The monoisotopic (exact) mass is 406 g/mol. The zero-order valence-corrected chi connectivity index (χ0v) is 18.9. The maximum absolute atomic E-state index is 11.6. The van der Waals surface area contributed by atoms with Crippen LogP contribution in [0.3, 0.4) is 0 Å². The molecular weight excluding hydrogens is 364 g/mol. The van der Waals surface area contributed by atoms with Gasteiger partial charge in [-0.1, -0.05) is 20.8 Å². The lowest BCUT2D eigenvalue weighted by atomic mass is 9.43. The number of aliphatic hydroxyl groups is 2. The van der Waals surface area contributed by atoms with E-state index in [-0.39, 0.29) is 23.6 Å². The smallest absolute Gasteiger partial charge is 0.305 e. The summed E-state index contributed by atoms with van der Waals surface area (Å²) >= 11 is 0. The van der Waals surface area contributed by atoms with Gasteiger partial charge in [-0.3, -0.25) is 4.79 Å². The first-order valence-corrected chi connectivity index (χ1v) is 12.1. The summed E-state index contributed by atoms with van der Waals surface area (Å²) in [4.78, 5) is 11.6. The summed E-state index contributed by atoms with van der Waals surface area (Å²) in [5.74, 6) is 3.36. The molecule has 0 radical (unpaired) electrons. The van der Waals surface area contributed by atoms with Crippen LogP contribution in [0.25, 0.3) is 0 Å². The van der Waals surface area contributed by atoms with Gasteiger partial charge in [0.25, 0.3) is 0 Å². The van der Waals surface area contributed by atoms with Crippen molar-refractivity contribution in [1.29, 1.82) is 0 Å². The first-order chi connectivity index (χ1) is 13.7. The molecular formula is C25H42O4. The number of fused-ring (bicyclic) bond motifs is 5. The average molecular weight is 407 g/mol. The minimum Gasteiger partial charge on any atom is -0.469 e. The Morgan fingerprint density at radius 1 is 1.07 bits per heavy atom. The molecule has 4 saturated carbocycles. The lowest BCUT2D eigenvalue weighted by Crippen LogP contribution is -2.58. The van der Waals surface area contributed by atoms with Crippen molar-refractivity contribution in [3.63, 3.8) is 0 Å². The van der Waals surface area contributed by atoms with Crippen molar-refractivity contribution in [1.82, 2.24) is 0 Å². The van der Waals surface area contributed by atoms with Crippen LogP contribution in [0, 0.1) is 46.3 Å². The molecule has 0 aliphatic heterocycles. The van der Waals surface area contributed by atoms with Crippen molar-refractivity contribution in [2.45, 2.75) is 97.2 Å². The number of ether oxygens (including phenoxy) is 1. The highest BCUT2D eigenvalue weighted by Crippen LogP contribution is 2.68. The molecule has 166 valence electrons. The Labute approximate surface area is 176 Å². The molecule has 29 heavy (non-hydrogen) atoms. The Morgan fingerprint density at radius 2 is 1.83 bits per heavy atom. The van der Waals surface area contributed by atoms with Gasteiger partial charge in [0, 0.05) is 6.42 Å². The van der Waals surface area contributed by atoms with Gasteiger partial charge in [0.1, 0.15) is 0 Å². The number of methoxy groups -OCH3 is 1. The van der Waals surface area contributed by atoms with E-state index in [0.29, 0.717) is 41.4 Å². The van der Waals surface area contributed by atoms with Crippen molar-refractivity contribution in [3.05, 3.63) is 0 Å². The maximum atomic E-state index is 11.6. The standard InChI is InChI=1S/C25H42O4/c1-15(5-10-23(28)29-4)19-8-9-20-18-7-6-16-13-17(26)11-12-24(16,2)21(18)14-22(27)25(19,20)3/h15-22,26-27H,5-14H2,1-4H3/t15?,16?,17-,18?,19?,20?,21?,22+,24?,25?/m0/s1. The van der Waals surface area contributed by atoms with E-state index < -0.39 is 0 Å². The van der Waals surface area contributed by atoms with E-state index in [4.69, 9.17) is 4.74 Å². The predicted octanol–water partition coefficient (Wildman–Crippen LogP) is 4.57. The van der Waals surface area contributed by atoms with E-state index in [9.17, 15) is 15.0 Å². The van der Waals surface area contributed by atoms with Crippen molar-refractivity contribution >= 4 is 5.97 Å². The van der Waals surface area contributed by atoms with Gasteiger partial charge < -0.3 is 14.9 Å². The largest absolute Gasteiger partial charge is 0.469 e. The number of carbonyl (C=O) groups is 1. The highest BCUT2D eigenvalue weighted by atomic mass is 16.5. The minimum absolute atomic E-state index is 0.0198. The molecule has 8 unspecified atom stereocenters. The highest BCUT2D eigenvalue weighted by molar-refractivity contribution is 5.69. The van der Waals surface area contributed by atoms with Crippen molar-refractivity contribution in [2.75, 3.05) is 7.11 Å². The van der Waals surface area contributed by atoms with Crippen LogP contribution < -0.4 is 0 Å². The van der Waals surface area contributed by atoms with Crippen molar-refractivity contribution < 1.29 is 19.7 Å². The van der Waals surface area contributed by atoms with Crippen LogP contribution >= 0.6 is 0 Å². The van der Waals surface area contributed by atoms with Gasteiger partial charge in [-0.15, -0.1) is 0 Å². The number of esters is 1. The molecule has 2 N–H and O–H groups in total. The normalized spacial score (nSPS) is 50.2. The van der Waals surface area contributed by atoms with Crippen LogP contribution in [0.2, 0.25) is 0 Å². The van der Waals surface area contributed by atoms with Crippen LogP contribution in [-0.4, -0.2) is 35.5 Å². The van der Waals surface area contributed by atoms with Gasteiger partial charge in [0.05, 0.1) is 19.3 Å². The molecule has 0 amide bonds. The topological polar surface area (TPSA) is 66.8 Å². The molecule has 0 spiro atoms. The Morgan fingerprint density at radius 3 is 2.55 bits per heavy atom. The van der Waals surface area contributed by atoms with Crippen LogP contribution in [0.5, 0.6) is 0 Å². The van der Waals surface area contributed by atoms with Gasteiger partial charge >= 0.3 is 5.97 Å². The third kappa shape index (κ3) is 3.37. The van der Waals surface area contributed by atoms with E-state index in [1.807, 2.05) is 0 Å². The molecule has 4 rings (SSSR count). The number of hydrogen-bond acceptors (Lipinski definition) is 4.